The number of ether oxygens (including phenoxy) is 2. The molecule has 0 radical (unpaired) electrons. The molecule has 2 saturated heterocycles. The Morgan fingerprint density at radius 2 is 1.77 bits per heavy atom. The molecule has 0 aromatic heterocycles. The number of anilines is 1. The summed E-state index contributed by atoms with van der Waals surface area (Å²) in [6.45, 7) is 1.60. The van der Waals surface area contributed by atoms with E-state index in [-0.39, 0.29) is 30.3 Å². The van der Waals surface area contributed by atoms with E-state index in [1.54, 1.807) is 21.9 Å². The highest BCUT2D eigenvalue weighted by Crippen LogP contribution is 2.25. The maximum atomic E-state index is 13.7. The maximum Gasteiger partial charge on any atom is 0.260 e. The normalized spacial score (nSPS) is 17.2. The van der Waals surface area contributed by atoms with Crippen LogP contribution in [-0.2, 0) is 9.59 Å². The Bertz CT molecular complexity index is 943. The maximum absolute atomic E-state index is 13.7. The molecule has 164 valence electrons. The number of likely N-dealkylation sites (tertiary alicyclic amines) is 1. The minimum atomic E-state index is -0.730. The van der Waals surface area contributed by atoms with E-state index in [4.69, 9.17) is 9.47 Å². The number of carbonyl (C=O) groups excluding carboxylic acids is 2. The van der Waals surface area contributed by atoms with E-state index in [1.165, 1.54) is 6.07 Å². The molecule has 0 bridgehead atoms. The lowest BCUT2D eigenvalue weighted by molar-refractivity contribution is -0.135. The number of hydrogen-bond acceptors (Lipinski definition) is 4. The van der Waals surface area contributed by atoms with Gasteiger partial charge >= 0.3 is 0 Å². The lowest BCUT2D eigenvalue weighted by atomic mass is 10.1. The van der Waals surface area contributed by atoms with Gasteiger partial charge in [-0.3, -0.25) is 9.59 Å². The molecule has 2 heterocycles. The Hall–Kier alpha value is -3.16. The summed E-state index contributed by atoms with van der Waals surface area (Å²) in [5, 5.41) is 0. The molecular weight excluding hydrogens is 406 g/mol. The number of carbonyl (C=O) groups is 2. The molecule has 31 heavy (non-hydrogen) atoms. The highest BCUT2D eigenvalue weighted by molar-refractivity contribution is 5.95. The summed E-state index contributed by atoms with van der Waals surface area (Å²) in [5.74, 6) is -0.803. The highest BCUT2D eigenvalue weighted by Gasteiger charge is 2.25. The zero-order valence-electron chi connectivity index (χ0n) is 17.1. The van der Waals surface area contributed by atoms with Gasteiger partial charge in [-0.15, -0.1) is 0 Å². The molecule has 6 nitrogen and oxygen atoms in total. The summed E-state index contributed by atoms with van der Waals surface area (Å²) < 4.78 is 38.0. The SMILES string of the molecule is O=C(COc1ccc(N2CCCC2=O)cc1)N1CCC(Oc2ccc(F)cc2F)CC1. The van der Waals surface area contributed by atoms with Crippen LogP contribution in [0.2, 0.25) is 0 Å². The molecule has 0 aliphatic carbocycles. The summed E-state index contributed by atoms with van der Waals surface area (Å²) in [6.07, 6.45) is 2.33. The highest BCUT2D eigenvalue weighted by atomic mass is 19.1. The third-order valence-electron chi connectivity index (χ3n) is 5.57. The van der Waals surface area contributed by atoms with Crippen LogP contribution in [-0.4, -0.2) is 49.1 Å². The molecule has 2 aromatic rings. The number of rotatable bonds is 6. The van der Waals surface area contributed by atoms with Crippen LogP contribution >= 0.6 is 0 Å². The summed E-state index contributed by atoms with van der Waals surface area (Å²) in [4.78, 5) is 27.7. The van der Waals surface area contributed by atoms with Gasteiger partial charge in [0.05, 0.1) is 0 Å². The van der Waals surface area contributed by atoms with Crippen molar-refractivity contribution in [2.45, 2.75) is 31.8 Å². The second-order valence-electron chi connectivity index (χ2n) is 7.70. The number of amides is 2. The van der Waals surface area contributed by atoms with Crippen molar-refractivity contribution in [2.75, 3.05) is 31.1 Å². The number of hydrogen-bond donors (Lipinski definition) is 0. The Morgan fingerprint density at radius 3 is 2.42 bits per heavy atom. The second-order valence-corrected chi connectivity index (χ2v) is 7.70. The first-order valence-corrected chi connectivity index (χ1v) is 10.4. The smallest absolute Gasteiger partial charge is 0.260 e. The van der Waals surface area contributed by atoms with E-state index in [0.29, 0.717) is 38.1 Å². The minimum absolute atomic E-state index is 0.0218. The van der Waals surface area contributed by atoms with Crippen LogP contribution in [0, 0.1) is 11.6 Å². The van der Waals surface area contributed by atoms with Crippen LogP contribution in [0.4, 0.5) is 14.5 Å². The molecule has 2 aliphatic rings. The Kier molecular flexibility index (Phi) is 6.34. The molecule has 2 aromatic carbocycles. The van der Waals surface area contributed by atoms with E-state index < -0.39 is 11.6 Å². The topological polar surface area (TPSA) is 59.1 Å². The van der Waals surface area contributed by atoms with Crippen molar-refractivity contribution in [2.24, 2.45) is 0 Å². The van der Waals surface area contributed by atoms with Crippen molar-refractivity contribution in [3.8, 4) is 11.5 Å². The van der Waals surface area contributed by atoms with E-state index in [1.807, 2.05) is 12.1 Å². The molecule has 0 saturated carbocycles. The molecule has 2 fully saturated rings. The van der Waals surface area contributed by atoms with Gasteiger partial charge in [-0.1, -0.05) is 0 Å². The molecule has 0 N–H and O–H groups in total. The summed E-state index contributed by atoms with van der Waals surface area (Å²) >= 11 is 0. The third-order valence-corrected chi connectivity index (χ3v) is 5.57. The zero-order valence-corrected chi connectivity index (χ0v) is 17.1. The van der Waals surface area contributed by atoms with Gasteiger partial charge in [0.2, 0.25) is 5.91 Å². The molecule has 8 heteroatoms. The van der Waals surface area contributed by atoms with Crippen LogP contribution in [0.15, 0.2) is 42.5 Å². The fourth-order valence-corrected chi connectivity index (χ4v) is 3.85. The van der Waals surface area contributed by atoms with Gasteiger partial charge in [-0.2, -0.15) is 0 Å². The van der Waals surface area contributed by atoms with Crippen molar-refractivity contribution in [3.05, 3.63) is 54.1 Å². The molecule has 2 aliphatic heterocycles. The van der Waals surface area contributed by atoms with E-state index in [2.05, 4.69) is 0 Å². The first kappa shape index (κ1) is 21.1. The Balaban J connectivity index is 1.22. The fraction of sp³-hybridized carbons (Fsp3) is 0.391. The Morgan fingerprint density at radius 1 is 1.03 bits per heavy atom. The predicted molar refractivity (Wildman–Crippen MR) is 110 cm³/mol. The van der Waals surface area contributed by atoms with Crippen LogP contribution in [0.25, 0.3) is 0 Å². The van der Waals surface area contributed by atoms with Crippen LogP contribution < -0.4 is 14.4 Å². The lowest BCUT2D eigenvalue weighted by Crippen LogP contribution is -2.43. The van der Waals surface area contributed by atoms with Crippen molar-refractivity contribution < 1.29 is 27.8 Å². The zero-order chi connectivity index (χ0) is 21.8. The number of halogens is 2. The van der Waals surface area contributed by atoms with Gasteiger partial charge in [-0.05, 0) is 42.8 Å². The standard InChI is InChI=1S/C23H24F2N2O4/c24-16-3-8-21(20(25)14-16)31-19-9-12-26(13-10-19)23(29)15-30-18-6-4-17(5-7-18)27-11-1-2-22(27)28/h3-8,14,19H,1-2,9-13,15H2. The fourth-order valence-electron chi connectivity index (χ4n) is 3.85. The van der Waals surface area contributed by atoms with Gasteiger partial charge in [0, 0.05) is 50.7 Å². The molecule has 0 atom stereocenters. The summed E-state index contributed by atoms with van der Waals surface area (Å²) in [5.41, 5.74) is 0.834. The van der Waals surface area contributed by atoms with Crippen LogP contribution in [0.5, 0.6) is 11.5 Å². The quantitative estimate of drug-likeness (QED) is 0.704. The molecule has 4 rings (SSSR count). The predicted octanol–water partition coefficient (Wildman–Crippen LogP) is 3.54. The van der Waals surface area contributed by atoms with Crippen molar-refractivity contribution in [1.82, 2.24) is 4.90 Å². The number of benzene rings is 2. The molecular formula is C23H24F2N2O4. The van der Waals surface area contributed by atoms with Crippen molar-refractivity contribution >= 4 is 17.5 Å². The molecule has 0 spiro atoms. The van der Waals surface area contributed by atoms with Gasteiger partial charge in [0.15, 0.2) is 18.2 Å². The van der Waals surface area contributed by atoms with Gasteiger partial charge in [-0.25, -0.2) is 8.78 Å². The largest absolute Gasteiger partial charge is 0.487 e. The first-order chi connectivity index (χ1) is 15.0. The van der Waals surface area contributed by atoms with E-state index in [9.17, 15) is 18.4 Å². The minimum Gasteiger partial charge on any atom is -0.487 e. The van der Waals surface area contributed by atoms with Crippen LogP contribution in [0.1, 0.15) is 25.7 Å². The van der Waals surface area contributed by atoms with Crippen LogP contribution in [0.3, 0.4) is 0 Å². The van der Waals surface area contributed by atoms with E-state index >= 15 is 0 Å². The number of nitrogens with zero attached hydrogens (tertiary/aromatic N) is 2. The average molecular weight is 430 g/mol. The van der Waals surface area contributed by atoms with Gasteiger partial charge in [0.1, 0.15) is 17.7 Å². The van der Waals surface area contributed by atoms with E-state index in [0.717, 1.165) is 30.8 Å². The summed E-state index contributed by atoms with van der Waals surface area (Å²) in [7, 11) is 0. The average Bonchev–Trinajstić information content (AvgIpc) is 3.21. The van der Waals surface area contributed by atoms with Gasteiger partial charge in [0.25, 0.3) is 5.91 Å². The Labute approximate surface area is 179 Å². The van der Waals surface area contributed by atoms with Crippen molar-refractivity contribution in [1.29, 1.82) is 0 Å². The number of piperidine rings is 1. The summed E-state index contributed by atoms with van der Waals surface area (Å²) in [6, 6.07) is 10.4. The van der Waals surface area contributed by atoms with Crippen molar-refractivity contribution in [3.63, 3.8) is 0 Å². The molecule has 0 unspecified atom stereocenters. The second kappa shape index (κ2) is 9.32. The molecule has 2 amide bonds. The van der Waals surface area contributed by atoms with Gasteiger partial charge < -0.3 is 19.3 Å². The third kappa shape index (κ3) is 5.13. The monoisotopic (exact) mass is 430 g/mol. The lowest BCUT2D eigenvalue weighted by Gasteiger charge is -2.32. The first-order valence-electron chi connectivity index (χ1n) is 10.4.